The predicted molar refractivity (Wildman–Crippen MR) is 80.8 cm³/mol. The molecular weight excluding hydrogens is 292 g/mol. The highest BCUT2D eigenvalue weighted by Crippen LogP contribution is 2.27. The highest BCUT2D eigenvalue weighted by Gasteiger charge is 2.18. The summed E-state index contributed by atoms with van der Waals surface area (Å²) in [6, 6.07) is 6.30. The number of nitrogens with zero attached hydrogens (tertiary/aromatic N) is 2. The van der Waals surface area contributed by atoms with E-state index in [1.165, 1.54) is 6.07 Å². The first kappa shape index (κ1) is 15.3. The highest BCUT2D eigenvalue weighted by atomic mass is 35.5. The summed E-state index contributed by atoms with van der Waals surface area (Å²) < 4.78 is 1.73. The van der Waals surface area contributed by atoms with Crippen LogP contribution in [0, 0.1) is 16.0 Å². The zero-order valence-corrected chi connectivity index (χ0v) is 12.5. The Morgan fingerprint density at radius 2 is 2.10 bits per heavy atom. The number of hydrogen-bond donors (Lipinski definition) is 0. The van der Waals surface area contributed by atoms with Crippen LogP contribution in [0.1, 0.15) is 29.8 Å². The van der Waals surface area contributed by atoms with Crippen molar-refractivity contribution >= 4 is 23.1 Å². The molecule has 0 aliphatic rings. The molecule has 0 atom stereocenters. The number of rotatable bonds is 5. The topological polar surface area (TPSA) is 65.1 Å². The van der Waals surface area contributed by atoms with Gasteiger partial charge in [-0.25, -0.2) is 0 Å². The van der Waals surface area contributed by atoms with Crippen molar-refractivity contribution in [2.75, 3.05) is 0 Å². The summed E-state index contributed by atoms with van der Waals surface area (Å²) in [6.45, 7) is 3.92. The molecule has 2 aromatic rings. The van der Waals surface area contributed by atoms with Gasteiger partial charge in [0.15, 0.2) is 5.78 Å². The van der Waals surface area contributed by atoms with Crippen LogP contribution in [-0.4, -0.2) is 15.3 Å². The average Bonchev–Trinajstić information content (AvgIpc) is 2.88. The van der Waals surface area contributed by atoms with Crippen LogP contribution in [-0.2, 0) is 6.54 Å². The SMILES string of the molecule is CC(C)C(=O)c1ccn(Cc2c(Cl)cccc2[N+](=O)[O-])c1. The predicted octanol–water partition coefficient (Wildman–Crippen LogP) is 3.94. The summed E-state index contributed by atoms with van der Waals surface area (Å²) in [7, 11) is 0. The van der Waals surface area contributed by atoms with Crippen LogP contribution in [0.3, 0.4) is 0 Å². The van der Waals surface area contributed by atoms with Crippen molar-refractivity contribution < 1.29 is 9.72 Å². The van der Waals surface area contributed by atoms with Crippen molar-refractivity contribution in [1.82, 2.24) is 4.57 Å². The lowest BCUT2D eigenvalue weighted by Crippen LogP contribution is -2.07. The molecule has 0 amide bonds. The molecule has 0 radical (unpaired) electrons. The van der Waals surface area contributed by atoms with E-state index >= 15 is 0 Å². The Balaban J connectivity index is 2.31. The van der Waals surface area contributed by atoms with Crippen molar-refractivity contribution in [3.8, 4) is 0 Å². The molecule has 2 rings (SSSR count). The number of benzene rings is 1. The minimum atomic E-state index is -0.453. The molecule has 0 N–H and O–H groups in total. The van der Waals surface area contributed by atoms with E-state index in [0.717, 1.165) is 0 Å². The molecule has 6 heteroatoms. The van der Waals surface area contributed by atoms with Crippen LogP contribution in [0.15, 0.2) is 36.7 Å². The number of nitro benzene ring substituents is 1. The van der Waals surface area contributed by atoms with E-state index in [9.17, 15) is 14.9 Å². The summed E-state index contributed by atoms with van der Waals surface area (Å²) >= 11 is 6.06. The van der Waals surface area contributed by atoms with E-state index in [2.05, 4.69) is 0 Å². The zero-order valence-electron chi connectivity index (χ0n) is 11.7. The molecular formula is C15H15ClN2O3. The number of carbonyl (C=O) groups is 1. The van der Waals surface area contributed by atoms with Crippen LogP contribution < -0.4 is 0 Å². The second kappa shape index (κ2) is 6.10. The maximum absolute atomic E-state index is 11.9. The van der Waals surface area contributed by atoms with Gasteiger partial charge in [-0.1, -0.05) is 31.5 Å². The lowest BCUT2D eigenvalue weighted by Gasteiger charge is -2.06. The smallest absolute Gasteiger partial charge is 0.275 e. The van der Waals surface area contributed by atoms with Gasteiger partial charge in [-0.15, -0.1) is 0 Å². The quantitative estimate of drug-likeness (QED) is 0.477. The molecule has 0 spiro atoms. The Bertz CT molecular complexity index is 692. The van der Waals surface area contributed by atoms with Gasteiger partial charge in [0.1, 0.15) is 0 Å². The molecule has 0 saturated heterocycles. The molecule has 0 saturated carbocycles. The van der Waals surface area contributed by atoms with E-state index in [4.69, 9.17) is 11.6 Å². The van der Waals surface area contributed by atoms with Gasteiger partial charge >= 0.3 is 0 Å². The molecule has 5 nitrogen and oxygen atoms in total. The summed E-state index contributed by atoms with van der Waals surface area (Å²) in [5.41, 5.74) is 1.01. The second-order valence-electron chi connectivity index (χ2n) is 5.09. The number of halogens is 1. The summed E-state index contributed by atoms with van der Waals surface area (Å²) in [5.74, 6) is -0.0436. The number of nitro groups is 1. The highest BCUT2D eigenvalue weighted by molar-refractivity contribution is 6.31. The Hall–Kier alpha value is -2.14. The first-order chi connectivity index (χ1) is 9.90. The molecule has 0 unspecified atom stereocenters. The molecule has 0 aliphatic heterocycles. The minimum absolute atomic E-state index is 0.0204. The van der Waals surface area contributed by atoms with E-state index in [-0.39, 0.29) is 23.9 Å². The van der Waals surface area contributed by atoms with Gasteiger partial charge in [0.05, 0.1) is 22.1 Å². The molecule has 1 aromatic heterocycles. The van der Waals surface area contributed by atoms with Crippen molar-refractivity contribution in [3.05, 3.63) is 62.9 Å². The van der Waals surface area contributed by atoms with E-state index < -0.39 is 4.92 Å². The molecule has 0 fully saturated rings. The maximum Gasteiger partial charge on any atom is 0.275 e. The van der Waals surface area contributed by atoms with Crippen LogP contribution >= 0.6 is 11.6 Å². The van der Waals surface area contributed by atoms with Gasteiger partial charge in [0.2, 0.25) is 0 Å². The Morgan fingerprint density at radius 1 is 1.38 bits per heavy atom. The Kier molecular flexibility index (Phi) is 4.43. The summed E-state index contributed by atoms with van der Waals surface area (Å²) in [5, 5.41) is 11.4. The monoisotopic (exact) mass is 306 g/mol. The summed E-state index contributed by atoms with van der Waals surface area (Å²) in [4.78, 5) is 22.5. The summed E-state index contributed by atoms with van der Waals surface area (Å²) in [6.07, 6.45) is 3.41. The average molecular weight is 307 g/mol. The maximum atomic E-state index is 11.9. The van der Waals surface area contributed by atoms with Crippen LogP contribution in [0.4, 0.5) is 5.69 Å². The number of ketones is 1. The van der Waals surface area contributed by atoms with Gasteiger partial charge in [-0.05, 0) is 12.1 Å². The Morgan fingerprint density at radius 3 is 2.71 bits per heavy atom. The standard InChI is InChI=1S/C15H15ClN2O3/c1-10(2)15(19)11-6-7-17(8-11)9-12-13(16)4-3-5-14(12)18(20)21/h3-8,10H,9H2,1-2H3. The van der Waals surface area contributed by atoms with Gasteiger partial charge in [0, 0.05) is 29.9 Å². The normalized spacial score (nSPS) is 10.9. The van der Waals surface area contributed by atoms with Crippen molar-refractivity contribution in [2.45, 2.75) is 20.4 Å². The van der Waals surface area contributed by atoms with Gasteiger partial charge in [-0.3, -0.25) is 14.9 Å². The first-order valence-corrected chi connectivity index (χ1v) is 6.89. The molecule has 0 aliphatic carbocycles. The van der Waals surface area contributed by atoms with Crippen molar-refractivity contribution in [3.63, 3.8) is 0 Å². The molecule has 1 heterocycles. The third kappa shape index (κ3) is 3.31. The van der Waals surface area contributed by atoms with Crippen LogP contribution in [0.2, 0.25) is 5.02 Å². The minimum Gasteiger partial charge on any atom is -0.349 e. The van der Waals surface area contributed by atoms with Gasteiger partial charge in [0.25, 0.3) is 5.69 Å². The second-order valence-corrected chi connectivity index (χ2v) is 5.49. The van der Waals surface area contributed by atoms with Gasteiger partial charge in [-0.2, -0.15) is 0 Å². The number of carbonyl (C=O) groups excluding carboxylic acids is 1. The van der Waals surface area contributed by atoms with E-state index in [0.29, 0.717) is 16.1 Å². The van der Waals surface area contributed by atoms with Crippen LogP contribution in [0.25, 0.3) is 0 Å². The van der Waals surface area contributed by atoms with Gasteiger partial charge < -0.3 is 4.57 Å². The van der Waals surface area contributed by atoms with Crippen LogP contribution in [0.5, 0.6) is 0 Å². The van der Waals surface area contributed by atoms with E-state index in [1.54, 1.807) is 35.2 Å². The molecule has 110 valence electrons. The third-order valence-electron chi connectivity index (χ3n) is 3.19. The molecule has 21 heavy (non-hydrogen) atoms. The van der Waals surface area contributed by atoms with Crippen molar-refractivity contribution in [2.24, 2.45) is 5.92 Å². The largest absolute Gasteiger partial charge is 0.349 e. The Labute approximate surface area is 127 Å². The van der Waals surface area contributed by atoms with E-state index in [1.807, 2.05) is 13.8 Å². The fourth-order valence-corrected chi connectivity index (χ4v) is 2.30. The fourth-order valence-electron chi connectivity index (χ4n) is 2.08. The van der Waals surface area contributed by atoms with Crippen molar-refractivity contribution in [1.29, 1.82) is 0 Å². The third-order valence-corrected chi connectivity index (χ3v) is 3.54. The number of aromatic nitrogens is 1. The number of hydrogen-bond acceptors (Lipinski definition) is 3. The molecule has 0 bridgehead atoms. The number of Topliss-reactive ketones (excluding diaryl/α,β-unsaturated/α-hetero) is 1. The fraction of sp³-hybridized carbons (Fsp3) is 0.267. The zero-order chi connectivity index (χ0) is 15.6. The lowest BCUT2D eigenvalue weighted by atomic mass is 10.0. The lowest BCUT2D eigenvalue weighted by molar-refractivity contribution is -0.385. The first-order valence-electron chi connectivity index (χ1n) is 6.52. The molecule has 1 aromatic carbocycles.